The summed E-state index contributed by atoms with van der Waals surface area (Å²) in [5.74, 6) is -0.0917. The molecule has 0 heterocycles. The second kappa shape index (κ2) is 6.54. The predicted molar refractivity (Wildman–Crippen MR) is 82.9 cm³/mol. The maximum Gasteiger partial charge on any atom is 0.224 e. The van der Waals surface area contributed by atoms with Crippen molar-refractivity contribution < 1.29 is 13.2 Å². The monoisotopic (exact) mass is 303 g/mol. The summed E-state index contributed by atoms with van der Waals surface area (Å²) in [5, 5.41) is 2.76. The van der Waals surface area contributed by atoms with Gasteiger partial charge in [-0.2, -0.15) is 0 Å². The minimum absolute atomic E-state index is 0.0917. The summed E-state index contributed by atoms with van der Waals surface area (Å²) in [5.41, 5.74) is 1.71. The highest BCUT2D eigenvalue weighted by molar-refractivity contribution is 7.90. The van der Waals surface area contributed by atoms with Crippen molar-refractivity contribution in [2.24, 2.45) is 0 Å². The summed E-state index contributed by atoms with van der Waals surface area (Å²) in [6.07, 6.45) is 2.21. The number of rotatable bonds is 5. The van der Waals surface area contributed by atoms with Gasteiger partial charge < -0.3 is 5.32 Å². The van der Waals surface area contributed by atoms with Crippen LogP contribution >= 0.6 is 0 Å². The lowest BCUT2D eigenvalue weighted by atomic mass is 10.1. The largest absolute Gasteiger partial charge is 0.326 e. The molecule has 0 saturated carbocycles. The SMILES string of the molecule is CS(=O)(=O)c1ccc(NC(=O)CCc2ccccc2)cc1. The van der Waals surface area contributed by atoms with Crippen molar-refractivity contribution in [3.63, 3.8) is 0 Å². The molecule has 0 spiro atoms. The average molecular weight is 303 g/mol. The number of aryl methyl sites for hydroxylation is 1. The molecule has 0 aromatic heterocycles. The lowest BCUT2D eigenvalue weighted by Gasteiger charge is -2.06. The molecule has 0 unspecified atom stereocenters. The van der Waals surface area contributed by atoms with Gasteiger partial charge in [0.15, 0.2) is 9.84 Å². The van der Waals surface area contributed by atoms with Gasteiger partial charge in [-0.3, -0.25) is 4.79 Å². The Labute approximate surface area is 124 Å². The third-order valence-corrected chi connectivity index (χ3v) is 4.18. The van der Waals surface area contributed by atoms with Crippen LogP contribution in [0.2, 0.25) is 0 Å². The first kappa shape index (κ1) is 15.3. The fourth-order valence-electron chi connectivity index (χ4n) is 1.91. The molecule has 2 rings (SSSR count). The number of carbonyl (C=O) groups excluding carboxylic acids is 1. The molecule has 21 heavy (non-hydrogen) atoms. The van der Waals surface area contributed by atoms with E-state index in [1.807, 2.05) is 30.3 Å². The Balaban J connectivity index is 1.91. The molecule has 0 fully saturated rings. The van der Waals surface area contributed by atoms with Crippen LogP contribution in [0.5, 0.6) is 0 Å². The number of carbonyl (C=O) groups is 1. The molecule has 2 aromatic rings. The molecule has 0 bridgehead atoms. The highest BCUT2D eigenvalue weighted by Crippen LogP contribution is 2.14. The third-order valence-electron chi connectivity index (χ3n) is 3.05. The molecular formula is C16H17NO3S. The summed E-state index contributed by atoms with van der Waals surface area (Å²) in [6.45, 7) is 0. The zero-order valence-electron chi connectivity index (χ0n) is 11.7. The molecule has 0 radical (unpaired) electrons. The molecule has 4 nitrogen and oxygen atoms in total. The number of hydrogen-bond donors (Lipinski definition) is 1. The smallest absolute Gasteiger partial charge is 0.224 e. The fourth-order valence-corrected chi connectivity index (χ4v) is 2.54. The van der Waals surface area contributed by atoms with E-state index in [4.69, 9.17) is 0 Å². The second-order valence-electron chi connectivity index (χ2n) is 4.83. The number of anilines is 1. The summed E-state index contributed by atoms with van der Waals surface area (Å²) < 4.78 is 22.7. The first-order valence-electron chi connectivity index (χ1n) is 6.59. The van der Waals surface area contributed by atoms with E-state index in [2.05, 4.69) is 5.32 Å². The van der Waals surface area contributed by atoms with Gasteiger partial charge in [0.1, 0.15) is 0 Å². The summed E-state index contributed by atoms with van der Waals surface area (Å²) >= 11 is 0. The number of nitrogens with one attached hydrogen (secondary N) is 1. The molecule has 1 N–H and O–H groups in total. The van der Waals surface area contributed by atoms with Crippen molar-refractivity contribution >= 4 is 21.4 Å². The van der Waals surface area contributed by atoms with Crippen LogP contribution in [0.1, 0.15) is 12.0 Å². The molecule has 2 aromatic carbocycles. The summed E-state index contributed by atoms with van der Waals surface area (Å²) in [7, 11) is -3.21. The van der Waals surface area contributed by atoms with Gasteiger partial charge in [0.05, 0.1) is 4.90 Å². The predicted octanol–water partition coefficient (Wildman–Crippen LogP) is 2.66. The normalized spacial score (nSPS) is 11.1. The van der Waals surface area contributed by atoms with Gasteiger partial charge in [-0.15, -0.1) is 0 Å². The topological polar surface area (TPSA) is 63.2 Å². The molecule has 0 aliphatic rings. The van der Waals surface area contributed by atoms with Gasteiger partial charge in [-0.25, -0.2) is 8.42 Å². The Bertz CT molecular complexity index is 707. The first-order valence-corrected chi connectivity index (χ1v) is 8.48. The zero-order valence-corrected chi connectivity index (χ0v) is 12.6. The summed E-state index contributed by atoms with van der Waals surface area (Å²) in [6, 6.07) is 15.9. The Morgan fingerprint density at radius 2 is 1.62 bits per heavy atom. The quantitative estimate of drug-likeness (QED) is 0.923. The Morgan fingerprint density at radius 1 is 1.00 bits per heavy atom. The van der Waals surface area contributed by atoms with E-state index < -0.39 is 9.84 Å². The zero-order chi connectivity index (χ0) is 15.3. The van der Waals surface area contributed by atoms with Crippen molar-refractivity contribution in [1.82, 2.24) is 0 Å². The van der Waals surface area contributed by atoms with Crippen LogP contribution in [0, 0.1) is 0 Å². The second-order valence-corrected chi connectivity index (χ2v) is 6.85. The first-order chi connectivity index (χ1) is 9.95. The van der Waals surface area contributed by atoms with Gasteiger partial charge in [0.25, 0.3) is 0 Å². The number of sulfone groups is 1. The highest BCUT2D eigenvalue weighted by atomic mass is 32.2. The minimum Gasteiger partial charge on any atom is -0.326 e. The van der Waals surface area contributed by atoms with E-state index in [0.717, 1.165) is 11.8 Å². The van der Waals surface area contributed by atoms with Gasteiger partial charge in [0.2, 0.25) is 5.91 Å². The lowest BCUT2D eigenvalue weighted by molar-refractivity contribution is -0.116. The van der Waals surface area contributed by atoms with Crippen LogP contribution in [0.15, 0.2) is 59.5 Å². The lowest BCUT2D eigenvalue weighted by Crippen LogP contribution is -2.12. The van der Waals surface area contributed by atoms with E-state index in [0.29, 0.717) is 18.5 Å². The highest BCUT2D eigenvalue weighted by Gasteiger charge is 2.07. The van der Waals surface area contributed by atoms with E-state index in [-0.39, 0.29) is 10.8 Å². The van der Waals surface area contributed by atoms with E-state index >= 15 is 0 Å². The van der Waals surface area contributed by atoms with Crippen molar-refractivity contribution in [3.8, 4) is 0 Å². The molecule has 1 amide bonds. The van der Waals surface area contributed by atoms with Crippen molar-refractivity contribution in [2.75, 3.05) is 11.6 Å². The number of amides is 1. The number of benzene rings is 2. The van der Waals surface area contributed by atoms with Crippen molar-refractivity contribution in [1.29, 1.82) is 0 Å². The van der Waals surface area contributed by atoms with Crippen molar-refractivity contribution in [3.05, 3.63) is 60.2 Å². The third kappa shape index (κ3) is 4.72. The van der Waals surface area contributed by atoms with E-state index in [1.165, 1.54) is 12.1 Å². The van der Waals surface area contributed by atoms with Crippen molar-refractivity contribution in [2.45, 2.75) is 17.7 Å². The average Bonchev–Trinajstić information content (AvgIpc) is 2.46. The molecule has 110 valence electrons. The Morgan fingerprint density at radius 3 is 2.19 bits per heavy atom. The summed E-state index contributed by atoms with van der Waals surface area (Å²) in [4.78, 5) is 12.1. The number of hydrogen-bond acceptors (Lipinski definition) is 3. The van der Waals surface area contributed by atoms with Gasteiger partial charge in [0, 0.05) is 18.4 Å². The van der Waals surface area contributed by atoms with Crippen LogP contribution in [0.4, 0.5) is 5.69 Å². The minimum atomic E-state index is -3.21. The molecule has 5 heteroatoms. The Hall–Kier alpha value is -2.14. The molecule has 0 saturated heterocycles. The molecule has 0 atom stereocenters. The fraction of sp³-hybridized carbons (Fsp3) is 0.188. The van der Waals surface area contributed by atoms with Gasteiger partial charge in [-0.05, 0) is 36.2 Å². The van der Waals surface area contributed by atoms with E-state index in [1.54, 1.807) is 12.1 Å². The molecule has 0 aliphatic heterocycles. The van der Waals surface area contributed by atoms with Crippen LogP contribution < -0.4 is 5.32 Å². The Kier molecular flexibility index (Phi) is 4.75. The van der Waals surface area contributed by atoms with Crippen LogP contribution in [0.3, 0.4) is 0 Å². The maximum atomic E-state index is 11.8. The van der Waals surface area contributed by atoms with Gasteiger partial charge in [-0.1, -0.05) is 30.3 Å². The standard InChI is InChI=1S/C16H17NO3S/c1-21(19,20)15-10-8-14(9-11-15)17-16(18)12-7-13-5-3-2-4-6-13/h2-6,8-11H,7,12H2,1H3,(H,17,18). The van der Waals surface area contributed by atoms with Gasteiger partial charge >= 0.3 is 0 Å². The maximum absolute atomic E-state index is 11.8. The van der Waals surface area contributed by atoms with E-state index in [9.17, 15) is 13.2 Å². The molecule has 0 aliphatic carbocycles. The van der Waals surface area contributed by atoms with Crippen LogP contribution in [-0.4, -0.2) is 20.6 Å². The van der Waals surface area contributed by atoms with Crippen LogP contribution in [-0.2, 0) is 21.1 Å². The van der Waals surface area contributed by atoms with Crippen LogP contribution in [0.25, 0.3) is 0 Å². The molecular weight excluding hydrogens is 286 g/mol.